The van der Waals surface area contributed by atoms with Crippen LogP contribution in [0.2, 0.25) is 0 Å². The number of hydrogen-bond donors (Lipinski definition) is 0. The van der Waals surface area contributed by atoms with Gasteiger partial charge in [0.2, 0.25) is 0 Å². The highest BCUT2D eigenvalue weighted by atomic mass is 79.9. The van der Waals surface area contributed by atoms with Gasteiger partial charge in [-0.3, -0.25) is 9.20 Å². The smallest absolute Gasteiger partial charge is 0.194 e. The van der Waals surface area contributed by atoms with E-state index in [0.717, 1.165) is 27.0 Å². The Morgan fingerprint density at radius 2 is 2.29 bits per heavy atom. The van der Waals surface area contributed by atoms with Crippen molar-refractivity contribution in [2.45, 2.75) is 0 Å². The lowest BCUT2D eigenvalue weighted by Gasteiger charge is -1.98. The van der Waals surface area contributed by atoms with Crippen LogP contribution < -0.4 is 0 Å². The lowest BCUT2D eigenvalue weighted by atomic mass is 10.1. The van der Waals surface area contributed by atoms with E-state index in [-0.39, 0.29) is 0 Å². The number of thiazole rings is 1. The van der Waals surface area contributed by atoms with Crippen LogP contribution in [0, 0.1) is 0 Å². The van der Waals surface area contributed by atoms with Gasteiger partial charge in [0.1, 0.15) is 11.4 Å². The molecule has 0 radical (unpaired) electrons. The molecule has 0 aliphatic heterocycles. The highest BCUT2D eigenvalue weighted by Gasteiger charge is 2.13. The van der Waals surface area contributed by atoms with Gasteiger partial charge in [-0.15, -0.1) is 11.3 Å². The first-order valence-corrected chi connectivity index (χ1v) is 6.63. The molecule has 0 fully saturated rings. The fourth-order valence-corrected chi connectivity index (χ4v) is 2.88. The summed E-state index contributed by atoms with van der Waals surface area (Å²) in [4.78, 5) is 16.5. The maximum atomic E-state index is 11.2. The molecule has 3 nitrogen and oxygen atoms in total. The van der Waals surface area contributed by atoms with E-state index in [1.165, 1.54) is 11.3 Å². The Morgan fingerprint density at radius 1 is 1.41 bits per heavy atom. The maximum absolute atomic E-state index is 11.2. The van der Waals surface area contributed by atoms with Gasteiger partial charge in [0.05, 0.1) is 0 Å². The van der Waals surface area contributed by atoms with E-state index in [4.69, 9.17) is 0 Å². The summed E-state index contributed by atoms with van der Waals surface area (Å²) in [5.41, 5.74) is 2.27. The minimum atomic E-state index is 0.597. The molecule has 2 heterocycles. The second-order valence-electron chi connectivity index (χ2n) is 3.53. The topological polar surface area (TPSA) is 34.4 Å². The molecule has 5 heteroatoms. The lowest BCUT2D eigenvalue weighted by molar-refractivity contribution is 0.111. The molecular weight excluding hydrogens is 300 g/mol. The number of benzene rings is 1. The lowest BCUT2D eigenvalue weighted by Crippen LogP contribution is -1.89. The number of aldehydes is 1. The van der Waals surface area contributed by atoms with Gasteiger partial charge in [-0.2, -0.15) is 0 Å². The highest BCUT2D eigenvalue weighted by Crippen LogP contribution is 2.27. The number of aromatic nitrogens is 2. The number of hydrogen-bond acceptors (Lipinski definition) is 3. The van der Waals surface area contributed by atoms with Crippen molar-refractivity contribution in [2.75, 3.05) is 0 Å². The summed E-state index contributed by atoms with van der Waals surface area (Å²) < 4.78 is 2.79. The number of nitrogens with zero attached hydrogens (tertiary/aromatic N) is 2. The summed E-state index contributed by atoms with van der Waals surface area (Å²) in [6.45, 7) is 0. The number of halogens is 1. The van der Waals surface area contributed by atoms with E-state index in [9.17, 15) is 4.79 Å². The Labute approximate surface area is 110 Å². The van der Waals surface area contributed by atoms with Crippen molar-refractivity contribution in [3.63, 3.8) is 0 Å². The van der Waals surface area contributed by atoms with E-state index < -0.39 is 0 Å². The Morgan fingerprint density at radius 3 is 3.06 bits per heavy atom. The summed E-state index contributed by atoms with van der Waals surface area (Å²) in [6, 6.07) is 7.79. The largest absolute Gasteiger partial charge is 0.296 e. The summed E-state index contributed by atoms with van der Waals surface area (Å²) in [5.74, 6) is 0. The molecule has 17 heavy (non-hydrogen) atoms. The summed E-state index contributed by atoms with van der Waals surface area (Å²) in [6.07, 6.45) is 2.71. The minimum Gasteiger partial charge on any atom is -0.296 e. The van der Waals surface area contributed by atoms with Gasteiger partial charge < -0.3 is 0 Å². The molecule has 3 rings (SSSR count). The van der Waals surface area contributed by atoms with Crippen LogP contribution >= 0.6 is 27.3 Å². The third kappa shape index (κ3) is 1.71. The van der Waals surface area contributed by atoms with Crippen LogP contribution in [-0.4, -0.2) is 15.7 Å². The Kier molecular flexibility index (Phi) is 2.57. The number of carbonyl (C=O) groups excluding carboxylic acids is 1. The molecule has 84 valence electrons. The summed E-state index contributed by atoms with van der Waals surface area (Å²) >= 11 is 4.94. The molecule has 0 bridgehead atoms. The third-order valence-electron chi connectivity index (χ3n) is 2.51. The predicted octanol–water partition coefficient (Wildman–Crippen LogP) is 3.64. The number of rotatable bonds is 2. The van der Waals surface area contributed by atoms with Crippen molar-refractivity contribution in [2.24, 2.45) is 0 Å². The van der Waals surface area contributed by atoms with Gasteiger partial charge in [-0.1, -0.05) is 28.1 Å². The number of carbonyl (C=O) groups is 1. The van der Waals surface area contributed by atoms with E-state index in [0.29, 0.717) is 5.69 Å². The van der Waals surface area contributed by atoms with Crippen LogP contribution in [0.3, 0.4) is 0 Å². The van der Waals surface area contributed by atoms with Gasteiger partial charge in [0.25, 0.3) is 0 Å². The number of imidazole rings is 1. The van der Waals surface area contributed by atoms with E-state index >= 15 is 0 Å². The molecule has 0 unspecified atom stereocenters. The molecule has 1 aromatic carbocycles. The standard InChI is InChI=1S/C12H7BrN2OS/c13-9-3-1-2-8(6-9)11-10(7-16)15-4-5-17-12(15)14-11/h1-7H. The van der Waals surface area contributed by atoms with Gasteiger partial charge in [0, 0.05) is 21.6 Å². The zero-order valence-corrected chi connectivity index (χ0v) is 11.0. The zero-order chi connectivity index (χ0) is 11.8. The fraction of sp³-hybridized carbons (Fsp3) is 0. The molecule has 2 aromatic heterocycles. The molecule has 0 spiro atoms. The van der Waals surface area contributed by atoms with E-state index in [2.05, 4.69) is 20.9 Å². The van der Waals surface area contributed by atoms with Crippen LogP contribution in [0.1, 0.15) is 10.5 Å². The maximum Gasteiger partial charge on any atom is 0.194 e. The van der Waals surface area contributed by atoms with Crippen LogP contribution in [0.4, 0.5) is 0 Å². The average molecular weight is 307 g/mol. The molecule has 0 atom stereocenters. The predicted molar refractivity (Wildman–Crippen MR) is 71.6 cm³/mol. The van der Waals surface area contributed by atoms with Crippen LogP contribution in [0.25, 0.3) is 16.2 Å². The zero-order valence-electron chi connectivity index (χ0n) is 8.63. The quantitative estimate of drug-likeness (QED) is 0.677. The first-order chi connectivity index (χ1) is 8.29. The van der Waals surface area contributed by atoms with Gasteiger partial charge in [-0.25, -0.2) is 4.98 Å². The van der Waals surface area contributed by atoms with Crippen molar-refractivity contribution in [1.82, 2.24) is 9.38 Å². The van der Waals surface area contributed by atoms with Crippen molar-refractivity contribution >= 4 is 38.5 Å². The Hall–Kier alpha value is -1.46. The highest BCUT2D eigenvalue weighted by molar-refractivity contribution is 9.10. The molecule has 0 saturated carbocycles. The molecule has 0 aliphatic carbocycles. The fourth-order valence-electron chi connectivity index (χ4n) is 1.76. The van der Waals surface area contributed by atoms with Crippen LogP contribution in [0.5, 0.6) is 0 Å². The first kappa shape index (κ1) is 10.7. The normalized spacial score (nSPS) is 10.9. The van der Waals surface area contributed by atoms with Crippen molar-refractivity contribution < 1.29 is 4.79 Å². The molecule has 0 aliphatic rings. The summed E-state index contributed by atoms with van der Waals surface area (Å²) in [7, 11) is 0. The second kappa shape index (κ2) is 4.09. The Balaban J connectivity index is 2.29. The molecule has 3 aromatic rings. The number of fused-ring (bicyclic) bond motifs is 1. The third-order valence-corrected chi connectivity index (χ3v) is 3.76. The monoisotopic (exact) mass is 306 g/mol. The van der Waals surface area contributed by atoms with Crippen molar-refractivity contribution in [1.29, 1.82) is 0 Å². The average Bonchev–Trinajstić information content (AvgIpc) is 2.88. The SMILES string of the molecule is O=Cc1c(-c2cccc(Br)c2)nc2sccn12. The minimum absolute atomic E-state index is 0.597. The van der Waals surface area contributed by atoms with Crippen LogP contribution in [-0.2, 0) is 0 Å². The second-order valence-corrected chi connectivity index (χ2v) is 5.32. The molecule has 0 N–H and O–H groups in total. The van der Waals surface area contributed by atoms with Crippen molar-refractivity contribution in [3.8, 4) is 11.3 Å². The Bertz CT molecular complexity index is 701. The molecule has 0 saturated heterocycles. The van der Waals surface area contributed by atoms with E-state index in [1.807, 2.05) is 40.2 Å². The molecule has 0 amide bonds. The van der Waals surface area contributed by atoms with Gasteiger partial charge >= 0.3 is 0 Å². The summed E-state index contributed by atoms with van der Waals surface area (Å²) in [5, 5.41) is 1.92. The molecular formula is C12H7BrN2OS. The van der Waals surface area contributed by atoms with E-state index in [1.54, 1.807) is 0 Å². The van der Waals surface area contributed by atoms with Crippen LogP contribution in [0.15, 0.2) is 40.3 Å². The first-order valence-electron chi connectivity index (χ1n) is 4.96. The van der Waals surface area contributed by atoms with Gasteiger partial charge in [-0.05, 0) is 12.1 Å². The van der Waals surface area contributed by atoms with Crippen molar-refractivity contribution in [3.05, 3.63) is 46.0 Å². The van der Waals surface area contributed by atoms with Gasteiger partial charge in [0.15, 0.2) is 11.2 Å².